The SMILES string of the molecule is COc1cc(=O)n(C)cc1C(=O)N1CC2CN(c3cc(C)ncn3)CC2C1. The van der Waals surface area contributed by atoms with E-state index in [4.69, 9.17) is 4.74 Å². The Morgan fingerprint density at radius 2 is 1.85 bits per heavy atom. The normalized spacial score (nSPS) is 21.4. The lowest BCUT2D eigenvalue weighted by Crippen LogP contribution is -2.34. The molecule has 0 aliphatic carbocycles. The average Bonchev–Trinajstić information content (AvgIpc) is 3.22. The summed E-state index contributed by atoms with van der Waals surface area (Å²) in [7, 11) is 3.12. The zero-order chi connectivity index (χ0) is 19.1. The van der Waals surface area contributed by atoms with E-state index in [1.807, 2.05) is 17.9 Å². The highest BCUT2D eigenvalue weighted by Crippen LogP contribution is 2.34. The number of hydrogen-bond acceptors (Lipinski definition) is 6. The maximum absolute atomic E-state index is 13.0. The number of carbonyl (C=O) groups is 1. The molecule has 27 heavy (non-hydrogen) atoms. The van der Waals surface area contributed by atoms with Crippen molar-refractivity contribution in [1.82, 2.24) is 19.4 Å². The van der Waals surface area contributed by atoms with Gasteiger partial charge in [-0.15, -0.1) is 0 Å². The summed E-state index contributed by atoms with van der Waals surface area (Å²) in [6, 6.07) is 3.36. The topological polar surface area (TPSA) is 80.6 Å². The molecule has 0 aromatic carbocycles. The largest absolute Gasteiger partial charge is 0.496 e. The molecule has 2 aromatic rings. The molecule has 8 heteroatoms. The van der Waals surface area contributed by atoms with Gasteiger partial charge in [0, 0.05) is 69.1 Å². The van der Waals surface area contributed by atoms with Crippen molar-refractivity contribution < 1.29 is 9.53 Å². The van der Waals surface area contributed by atoms with Gasteiger partial charge in [-0.25, -0.2) is 9.97 Å². The smallest absolute Gasteiger partial charge is 0.259 e. The van der Waals surface area contributed by atoms with Gasteiger partial charge in [0.1, 0.15) is 17.9 Å². The van der Waals surface area contributed by atoms with Gasteiger partial charge in [0.25, 0.3) is 11.5 Å². The number of rotatable bonds is 3. The fraction of sp³-hybridized carbons (Fsp3) is 0.474. The molecule has 2 aliphatic heterocycles. The molecule has 0 spiro atoms. The van der Waals surface area contributed by atoms with Gasteiger partial charge in [-0.05, 0) is 6.92 Å². The van der Waals surface area contributed by atoms with Crippen LogP contribution in [-0.4, -0.2) is 58.6 Å². The van der Waals surface area contributed by atoms with E-state index in [9.17, 15) is 9.59 Å². The fourth-order valence-corrected chi connectivity index (χ4v) is 4.07. The van der Waals surface area contributed by atoms with Crippen LogP contribution in [0.4, 0.5) is 5.82 Å². The molecule has 0 saturated carbocycles. The van der Waals surface area contributed by atoms with E-state index in [-0.39, 0.29) is 11.5 Å². The average molecular weight is 369 g/mol. The highest BCUT2D eigenvalue weighted by Gasteiger charge is 2.42. The summed E-state index contributed by atoms with van der Waals surface area (Å²) in [4.78, 5) is 37.5. The van der Waals surface area contributed by atoms with Crippen LogP contribution in [0.1, 0.15) is 16.1 Å². The Morgan fingerprint density at radius 3 is 2.48 bits per heavy atom. The monoisotopic (exact) mass is 369 g/mol. The second kappa shape index (κ2) is 6.68. The van der Waals surface area contributed by atoms with Gasteiger partial charge in [0.15, 0.2) is 0 Å². The van der Waals surface area contributed by atoms with Crippen LogP contribution in [0.15, 0.2) is 29.5 Å². The number of methoxy groups -OCH3 is 1. The lowest BCUT2D eigenvalue weighted by Gasteiger charge is -2.23. The highest BCUT2D eigenvalue weighted by atomic mass is 16.5. The summed E-state index contributed by atoms with van der Waals surface area (Å²) in [6.45, 7) is 5.14. The zero-order valence-electron chi connectivity index (χ0n) is 15.8. The number of aryl methyl sites for hydroxylation is 2. The number of likely N-dealkylation sites (tertiary alicyclic amines) is 1. The molecule has 2 saturated heterocycles. The van der Waals surface area contributed by atoms with Gasteiger partial charge in [0.2, 0.25) is 0 Å². The molecule has 0 N–H and O–H groups in total. The molecule has 2 aromatic heterocycles. The van der Waals surface area contributed by atoms with Crippen LogP contribution in [0.3, 0.4) is 0 Å². The first kappa shape index (κ1) is 17.5. The van der Waals surface area contributed by atoms with Crippen LogP contribution in [0.25, 0.3) is 0 Å². The Hall–Kier alpha value is -2.90. The zero-order valence-corrected chi connectivity index (χ0v) is 15.8. The number of fused-ring (bicyclic) bond motifs is 1. The van der Waals surface area contributed by atoms with E-state index in [1.54, 1.807) is 19.6 Å². The number of hydrogen-bond donors (Lipinski definition) is 0. The summed E-state index contributed by atoms with van der Waals surface area (Å²) >= 11 is 0. The molecule has 0 bridgehead atoms. The molecule has 0 radical (unpaired) electrons. The van der Waals surface area contributed by atoms with Crippen molar-refractivity contribution >= 4 is 11.7 Å². The first-order valence-electron chi connectivity index (χ1n) is 9.04. The highest BCUT2D eigenvalue weighted by molar-refractivity contribution is 5.96. The van der Waals surface area contributed by atoms with Crippen LogP contribution in [-0.2, 0) is 7.05 Å². The molecule has 142 valence electrons. The molecule has 2 unspecified atom stereocenters. The lowest BCUT2D eigenvalue weighted by atomic mass is 10.0. The first-order chi connectivity index (χ1) is 13.0. The lowest BCUT2D eigenvalue weighted by molar-refractivity contribution is 0.0778. The van der Waals surface area contributed by atoms with E-state index in [1.165, 1.54) is 17.7 Å². The summed E-state index contributed by atoms with van der Waals surface area (Å²) < 4.78 is 6.67. The van der Waals surface area contributed by atoms with Crippen LogP contribution in [0, 0.1) is 18.8 Å². The van der Waals surface area contributed by atoms with Crippen LogP contribution < -0.4 is 15.2 Å². The molecule has 4 heterocycles. The standard InChI is InChI=1S/C19H23N5O3/c1-12-4-17(21-11-20-12)23-6-13-8-24(9-14(13)7-23)19(26)15-10-22(2)18(25)5-16(15)27-3/h4-5,10-11,13-14H,6-9H2,1-3H3. The number of nitrogens with zero attached hydrogens (tertiary/aromatic N) is 5. The molecule has 2 fully saturated rings. The van der Waals surface area contributed by atoms with Crippen LogP contribution in [0.5, 0.6) is 5.75 Å². The van der Waals surface area contributed by atoms with Crippen molar-refractivity contribution in [2.75, 3.05) is 38.2 Å². The molecular formula is C19H23N5O3. The van der Waals surface area contributed by atoms with Crippen molar-refractivity contribution in [1.29, 1.82) is 0 Å². The van der Waals surface area contributed by atoms with Gasteiger partial charge < -0.3 is 19.1 Å². The predicted octanol–water partition coefficient (Wildman–Crippen LogP) is 0.701. The van der Waals surface area contributed by atoms with Crippen LogP contribution in [0.2, 0.25) is 0 Å². The fourth-order valence-electron chi connectivity index (χ4n) is 4.07. The van der Waals surface area contributed by atoms with Crippen LogP contribution >= 0.6 is 0 Å². The number of pyridine rings is 1. The summed E-state index contributed by atoms with van der Waals surface area (Å²) in [6.07, 6.45) is 3.16. The van der Waals surface area contributed by atoms with Gasteiger partial charge in [-0.2, -0.15) is 0 Å². The molecule has 2 atom stereocenters. The molecule has 8 nitrogen and oxygen atoms in total. The van der Waals surface area contributed by atoms with Crippen molar-refractivity contribution in [3.63, 3.8) is 0 Å². The van der Waals surface area contributed by atoms with Crippen molar-refractivity contribution in [2.24, 2.45) is 18.9 Å². The maximum atomic E-state index is 13.0. The number of carbonyl (C=O) groups excluding carboxylic acids is 1. The number of aromatic nitrogens is 3. The Morgan fingerprint density at radius 1 is 1.15 bits per heavy atom. The summed E-state index contributed by atoms with van der Waals surface area (Å²) in [5.74, 6) is 2.04. The second-order valence-electron chi connectivity index (χ2n) is 7.36. The Bertz CT molecular complexity index is 927. The minimum Gasteiger partial charge on any atom is -0.496 e. The number of amides is 1. The van der Waals surface area contributed by atoms with Gasteiger partial charge in [-0.3, -0.25) is 9.59 Å². The minimum atomic E-state index is -0.197. The van der Waals surface area contributed by atoms with Crippen molar-refractivity contribution in [3.05, 3.63) is 46.3 Å². The molecule has 2 aliphatic rings. The molecule has 4 rings (SSSR count). The van der Waals surface area contributed by atoms with Crippen molar-refractivity contribution in [2.45, 2.75) is 6.92 Å². The van der Waals surface area contributed by atoms with E-state index < -0.39 is 0 Å². The van der Waals surface area contributed by atoms with Gasteiger partial charge in [0.05, 0.1) is 12.7 Å². The van der Waals surface area contributed by atoms with E-state index in [0.717, 1.165) is 24.6 Å². The number of anilines is 1. The third-order valence-corrected chi connectivity index (χ3v) is 5.53. The van der Waals surface area contributed by atoms with E-state index >= 15 is 0 Å². The Labute approximate surface area is 157 Å². The molecular weight excluding hydrogens is 346 g/mol. The van der Waals surface area contributed by atoms with E-state index in [0.29, 0.717) is 36.2 Å². The van der Waals surface area contributed by atoms with E-state index in [2.05, 4.69) is 14.9 Å². The Kier molecular flexibility index (Phi) is 4.33. The second-order valence-corrected chi connectivity index (χ2v) is 7.36. The van der Waals surface area contributed by atoms with Gasteiger partial charge in [-0.1, -0.05) is 0 Å². The van der Waals surface area contributed by atoms with Crippen molar-refractivity contribution in [3.8, 4) is 5.75 Å². The number of ether oxygens (including phenoxy) is 1. The first-order valence-corrected chi connectivity index (χ1v) is 9.04. The third kappa shape index (κ3) is 3.15. The predicted molar refractivity (Wildman–Crippen MR) is 100 cm³/mol. The maximum Gasteiger partial charge on any atom is 0.259 e. The molecule has 1 amide bonds. The van der Waals surface area contributed by atoms with Gasteiger partial charge >= 0.3 is 0 Å². The quantitative estimate of drug-likeness (QED) is 0.792. The third-order valence-electron chi connectivity index (χ3n) is 5.53. The summed E-state index contributed by atoms with van der Waals surface area (Å²) in [5.41, 5.74) is 1.19. The summed E-state index contributed by atoms with van der Waals surface area (Å²) in [5, 5.41) is 0. The Balaban J connectivity index is 1.48. The minimum absolute atomic E-state index is 0.0821.